The van der Waals surface area contributed by atoms with Crippen LogP contribution in [0.15, 0.2) is 10.7 Å². The number of hydrogen-bond donors (Lipinski definition) is 1. The third-order valence-electron chi connectivity index (χ3n) is 2.68. The van der Waals surface area contributed by atoms with E-state index in [0.717, 1.165) is 29.7 Å². The molecule has 1 aromatic heterocycles. The van der Waals surface area contributed by atoms with Gasteiger partial charge in [-0.2, -0.15) is 16.9 Å². The molecule has 1 rings (SSSR count). The zero-order valence-corrected chi connectivity index (χ0v) is 14.0. The van der Waals surface area contributed by atoms with Crippen LogP contribution in [0.25, 0.3) is 0 Å². The van der Waals surface area contributed by atoms with Crippen molar-refractivity contribution in [3.63, 3.8) is 0 Å². The maximum atomic E-state index is 4.46. The number of aromatic nitrogens is 2. The fourth-order valence-electron chi connectivity index (χ4n) is 1.93. The van der Waals surface area contributed by atoms with Gasteiger partial charge in [-0.05, 0) is 41.1 Å². The van der Waals surface area contributed by atoms with Crippen molar-refractivity contribution in [3.8, 4) is 0 Å². The standard InChI is InChI=1S/C13H24BrN3S/c1-4-7-17-13(11(14)9-16-17)12(15-6-3)10-18-8-5-2/h9,12,15H,4-8,10H2,1-3H3. The van der Waals surface area contributed by atoms with Crippen molar-refractivity contribution < 1.29 is 0 Å². The summed E-state index contributed by atoms with van der Waals surface area (Å²) in [5.74, 6) is 2.33. The second-order valence-corrected chi connectivity index (χ2v) is 6.29. The monoisotopic (exact) mass is 333 g/mol. The van der Waals surface area contributed by atoms with Crippen LogP contribution in [0.5, 0.6) is 0 Å². The molecule has 1 atom stereocenters. The van der Waals surface area contributed by atoms with E-state index in [0.29, 0.717) is 6.04 Å². The third-order valence-corrected chi connectivity index (χ3v) is 4.56. The molecule has 0 aliphatic heterocycles. The van der Waals surface area contributed by atoms with Crippen LogP contribution in [0, 0.1) is 0 Å². The molecule has 0 aliphatic rings. The van der Waals surface area contributed by atoms with Crippen molar-refractivity contribution in [2.75, 3.05) is 18.1 Å². The van der Waals surface area contributed by atoms with E-state index in [9.17, 15) is 0 Å². The highest BCUT2D eigenvalue weighted by atomic mass is 79.9. The summed E-state index contributed by atoms with van der Waals surface area (Å²) in [5.41, 5.74) is 1.29. The molecule has 0 spiro atoms. The van der Waals surface area contributed by atoms with Gasteiger partial charge < -0.3 is 5.32 Å². The van der Waals surface area contributed by atoms with E-state index in [1.165, 1.54) is 17.9 Å². The van der Waals surface area contributed by atoms with Crippen molar-refractivity contribution in [3.05, 3.63) is 16.4 Å². The smallest absolute Gasteiger partial charge is 0.0704 e. The SMILES string of the molecule is CCCSCC(NCC)c1c(Br)cnn1CCC. The molecule has 0 bridgehead atoms. The lowest BCUT2D eigenvalue weighted by Crippen LogP contribution is -2.26. The Morgan fingerprint density at radius 1 is 1.39 bits per heavy atom. The fraction of sp³-hybridized carbons (Fsp3) is 0.769. The Hall–Kier alpha value is 0. The summed E-state index contributed by atoms with van der Waals surface area (Å²) in [4.78, 5) is 0. The molecule has 1 N–H and O–H groups in total. The topological polar surface area (TPSA) is 29.9 Å². The van der Waals surface area contributed by atoms with Crippen LogP contribution >= 0.6 is 27.7 Å². The van der Waals surface area contributed by atoms with E-state index in [1.807, 2.05) is 18.0 Å². The number of thioether (sulfide) groups is 1. The zero-order valence-electron chi connectivity index (χ0n) is 11.6. The van der Waals surface area contributed by atoms with Gasteiger partial charge in [-0.3, -0.25) is 4.68 Å². The molecule has 1 aromatic rings. The first kappa shape index (κ1) is 16.1. The van der Waals surface area contributed by atoms with Gasteiger partial charge in [-0.1, -0.05) is 20.8 Å². The first-order valence-corrected chi connectivity index (χ1v) is 8.71. The Morgan fingerprint density at radius 3 is 2.78 bits per heavy atom. The quantitative estimate of drug-likeness (QED) is 0.696. The molecule has 0 aromatic carbocycles. The van der Waals surface area contributed by atoms with Crippen molar-refractivity contribution in [1.82, 2.24) is 15.1 Å². The Bertz CT molecular complexity index is 341. The van der Waals surface area contributed by atoms with Gasteiger partial charge in [-0.25, -0.2) is 0 Å². The lowest BCUT2D eigenvalue weighted by molar-refractivity contribution is 0.506. The van der Waals surface area contributed by atoms with E-state index in [2.05, 4.69) is 51.8 Å². The highest BCUT2D eigenvalue weighted by Gasteiger charge is 2.18. The number of aryl methyl sites for hydroxylation is 1. The van der Waals surface area contributed by atoms with Gasteiger partial charge in [0.25, 0.3) is 0 Å². The maximum Gasteiger partial charge on any atom is 0.0704 e. The molecular weight excluding hydrogens is 310 g/mol. The summed E-state index contributed by atoms with van der Waals surface area (Å²) in [7, 11) is 0. The van der Waals surface area contributed by atoms with Gasteiger partial charge in [0, 0.05) is 12.3 Å². The van der Waals surface area contributed by atoms with Gasteiger partial charge in [0.05, 0.1) is 22.4 Å². The van der Waals surface area contributed by atoms with Crippen LogP contribution in [0.3, 0.4) is 0 Å². The number of nitrogens with zero attached hydrogens (tertiary/aromatic N) is 2. The summed E-state index contributed by atoms with van der Waals surface area (Å²) in [6.45, 7) is 8.55. The van der Waals surface area contributed by atoms with Crippen molar-refractivity contribution >= 4 is 27.7 Å². The average Bonchev–Trinajstić information content (AvgIpc) is 2.70. The lowest BCUT2D eigenvalue weighted by atomic mass is 10.2. The van der Waals surface area contributed by atoms with E-state index in [1.54, 1.807) is 0 Å². The number of nitrogens with one attached hydrogen (secondary N) is 1. The Morgan fingerprint density at radius 2 is 2.17 bits per heavy atom. The van der Waals surface area contributed by atoms with Crippen molar-refractivity contribution in [2.24, 2.45) is 0 Å². The third kappa shape index (κ3) is 4.59. The van der Waals surface area contributed by atoms with E-state index >= 15 is 0 Å². The van der Waals surface area contributed by atoms with Crippen LogP contribution in [0.2, 0.25) is 0 Å². The number of rotatable bonds is 9. The second kappa shape index (κ2) is 8.99. The van der Waals surface area contributed by atoms with Crippen LogP contribution < -0.4 is 5.32 Å². The van der Waals surface area contributed by atoms with Gasteiger partial charge in [-0.15, -0.1) is 0 Å². The molecule has 5 heteroatoms. The molecule has 0 saturated carbocycles. The molecule has 0 saturated heterocycles. The van der Waals surface area contributed by atoms with Crippen LogP contribution in [-0.4, -0.2) is 27.8 Å². The molecule has 104 valence electrons. The molecule has 3 nitrogen and oxygen atoms in total. The summed E-state index contributed by atoms with van der Waals surface area (Å²) in [5, 5.41) is 8.03. The van der Waals surface area contributed by atoms with Crippen LogP contribution in [0.4, 0.5) is 0 Å². The Balaban J connectivity index is 2.79. The molecular formula is C13H24BrN3S. The minimum atomic E-state index is 0.384. The Labute approximate surface area is 123 Å². The molecule has 0 radical (unpaired) electrons. The summed E-state index contributed by atoms with van der Waals surface area (Å²) < 4.78 is 3.25. The normalized spacial score (nSPS) is 12.9. The molecule has 0 amide bonds. The second-order valence-electron chi connectivity index (χ2n) is 4.29. The minimum absolute atomic E-state index is 0.384. The predicted octanol–water partition coefficient (Wildman–Crippen LogP) is 3.85. The van der Waals surface area contributed by atoms with Gasteiger partial charge in [0.1, 0.15) is 0 Å². The number of halogens is 1. The summed E-state index contributed by atoms with van der Waals surface area (Å²) in [6.07, 6.45) is 4.26. The van der Waals surface area contributed by atoms with Crippen molar-refractivity contribution in [1.29, 1.82) is 0 Å². The van der Waals surface area contributed by atoms with Gasteiger partial charge in [0.2, 0.25) is 0 Å². The van der Waals surface area contributed by atoms with Crippen molar-refractivity contribution in [2.45, 2.75) is 46.2 Å². The largest absolute Gasteiger partial charge is 0.308 e. The van der Waals surface area contributed by atoms with Gasteiger partial charge >= 0.3 is 0 Å². The van der Waals surface area contributed by atoms with E-state index < -0.39 is 0 Å². The first-order valence-electron chi connectivity index (χ1n) is 6.76. The maximum absolute atomic E-state index is 4.46. The fourth-order valence-corrected chi connectivity index (χ4v) is 3.47. The highest BCUT2D eigenvalue weighted by Crippen LogP contribution is 2.26. The summed E-state index contributed by atoms with van der Waals surface area (Å²) in [6, 6.07) is 0.384. The number of hydrogen-bond acceptors (Lipinski definition) is 3. The Kier molecular flexibility index (Phi) is 8.02. The zero-order chi connectivity index (χ0) is 13.4. The van der Waals surface area contributed by atoms with E-state index in [4.69, 9.17) is 0 Å². The highest BCUT2D eigenvalue weighted by molar-refractivity contribution is 9.10. The molecule has 0 fully saturated rings. The minimum Gasteiger partial charge on any atom is -0.308 e. The van der Waals surface area contributed by atoms with E-state index in [-0.39, 0.29) is 0 Å². The van der Waals surface area contributed by atoms with Crippen LogP contribution in [0.1, 0.15) is 45.3 Å². The summed E-state index contributed by atoms with van der Waals surface area (Å²) >= 11 is 5.64. The first-order chi connectivity index (χ1) is 8.74. The molecule has 0 aliphatic carbocycles. The molecule has 1 heterocycles. The predicted molar refractivity (Wildman–Crippen MR) is 84.3 cm³/mol. The van der Waals surface area contributed by atoms with Crippen LogP contribution in [-0.2, 0) is 6.54 Å². The lowest BCUT2D eigenvalue weighted by Gasteiger charge is -2.19. The van der Waals surface area contributed by atoms with Gasteiger partial charge in [0.15, 0.2) is 0 Å². The molecule has 18 heavy (non-hydrogen) atoms. The molecule has 1 unspecified atom stereocenters. The average molecular weight is 334 g/mol.